The van der Waals surface area contributed by atoms with Crippen LogP contribution in [0.3, 0.4) is 0 Å². The second-order valence-corrected chi connectivity index (χ2v) is 12.5. The molecular formula is C31H37Cl2N3O5S. The van der Waals surface area contributed by atoms with Crippen molar-refractivity contribution in [3.05, 3.63) is 88.4 Å². The van der Waals surface area contributed by atoms with Gasteiger partial charge in [-0.1, -0.05) is 49.2 Å². The molecule has 0 aliphatic rings. The fourth-order valence-electron chi connectivity index (χ4n) is 4.28. The van der Waals surface area contributed by atoms with Gasteiger partial charge in [0.1, 0.15) is 18.3 Å². The summed E-state index contributed by atoms with van der Waals surface area (Å²) in [5.74, 6) is -0.279. The van der Waals surface area contributed by atoms with E-state index in [1.807, 2.05) is 27.7 Å². The van der Waals surface area contributed by atoms with Gasteiger partial charge in [0, 0.05) is 22.6 Å². The van der Waals surface area contributed by atoms with Crippen LogP contribution < -0.4 is 14.4 Å². The summed E-state index contributed by atoms with van der Waals surface area (Å²) in [5, 5.41) is 3.88. The average Bonchev–Trinajstić information content (AvgIpc) is 2.97. The van der Waals surface area contributed by atoms with Crippen LogP contribution in [0.2, 0.25) is 10.0 Å². The van der Waals surface area contributed by atoms with Gasteiger partial charge in [0.05, 0.1) is 17.2 Å². The maximum atomic E-state index is 14.1. The van der Waals surface area contributed by atoms with Crippen molar-refractivity contribution in [3.8, 4) is 5.75 Å². The van der Waals surface area contributed by atoms with E-state index >= 15 is 0 Å². The van der Waals surface area contributed by atoms with Crippen molar-refractivity contribution in [1.82, 2.24) is 10.2 Å². The van der Waals surface area contributed by atoms with E-state index in [2.05, 4.69) is 5.32 Å². The van der Waals surface area contributed by atoms with Gasteiger partial charge < -0.3 is 15.0 Å². The number of amides is 2. The Bertz CT molecular complexity index is 1430. The minimum atomic E-state index is -4.21. The van der Waals surface area contributed by atoms with Gasteiger partial charge in [0.2, 0.25) is 11.8 Å². The van der Waals surface area contributed by atoms with E-state index in [9.17, 15) is 18.0 Å². The lowest BCUT2D eigenvalue weighted by molar-refractivity contribution is -0.140. The van der Waals surface area contributed by atoms with Crippen LogP contribution in [0.25, 0.3) is 0 Å². The summed E-state index contributed by atoms with van der Waals surface area (Å²) in [4.78, 5) is 28.9. The number of sulfonamides is 1. The minimum absolute atomic E-state index is 0.0283. The van der Waals surface area contributed by atoms with Crippen molar-refractivity contribution in [1.29, 1.82) is 0 Å². The van der Waals surface area contributed by atoms with Gasteiger partial charge in [0.15, 0.2) is 0 Å². The molecular weight excluding hydrogens is 597 g/mol. The minimum Gasteiger partial charge on any atom is -0.494 e. The third-order valence-electron chi connectivity index (χ3n) is 6.77. The lowest BCUT2D eigenvalue weighted by Gasteiger charge is -2.33. The number of nitrogens with one attached hydrogen (secondary N) is 1. The summed E-state index contributed by atoms with van der Waals surface area (Å²) in [6.45, 7) is 7.50. The Hall–Kier alpha value is -3.27. The second-order valence-electron chi connectivity index (χ2n) is 9.78. The lowest BCUT2D eigenvalue weighted by atomic mass is 10.1. The Morgan fingerprint density at radius 3 is 1.95 bits per heavy atom. The van der Waals surface area contributed by atoms with Crippen molar-refractivity contribution in [2.24, 2.45) is 0 Å². The van der Waals surface area contributed by atoms with Crippen molar-refractivity contribution in [3.63, 3.8) is 0 Å². The number of ether oxygens (including phenoxy) is 1. The number of carbonyl (C=O) groups excluding carboxylic acids is 2. The number of benzene rings is 3. The molecule has 0 aliphatic heterocycles. The van der Waals surface area contributed by atoms with Gasteiger partial charge in [0.25, 0.3) is 10.0 Å². The highest BCUT2D eigenvalue weighted by atomic mass is 35.5. The first-order chi connectivity index (χ1) is 20.0. The van der Waals surface area contributed by atoms with Crippen LogP contribution in [0.1, 0.15) is 46.1 Å². The maximum absolute atomic E-state index is 14.1. The zero-order chi connectivity index (χ0) is 30.9. The molecule has 0 aromatic heterocycles. The third kappa shape index (κ3) is 8.63. The van der Waals surface area contributed by atoms with E-state index in [0.717, 1.165) is 16.3 Å². The summed E-state index contributed by atoms with van der Waals surface area (Å²) < 4.78 is 34.5. The highest BCUT2D eigenvalue weighted by Gasteiger charge is 2.34. The van der Waals surface area contributed by atoms with Crippen molar-refractivity contribution >= 4 is 50.7 Å². The number of anilines is 1. The van der Waals surface area contributed by atoms with E-state index in [-0.39, 0.29) is 29.1 Å². The zero-order valence-corrected chi connectivity index (χ0v) is 26.5. The van der Waals surface area contributed by atoms with Crippen LogP contribution in [0.15, 0.2) is 77.7 Å². The van der Waals surface area contributed by atoms with Crippen LogP contribution >= 0.6 is 23.2 Å². The Morgan fingerprint density at radius 2 is 1.43 bits per heavy atom. The molecule has 11 heteroatoms. The number of rotatable bonds is 14. The molecule has 2 amide bonds. The lowest BCUT2D eigenvalue weighted by Crippen LogP contribution is -2.53. The van der Waals surface area contributed by atoms with Crippen molar-refractivity contribution in [2.45, 2.75) is 64.1 Å². The summed E-state index contributed by atoms with van der Waals surface area (Å²) in [7, 11) is -4.21. The molecule has 8 nitrogen and oxygen atoms in total. The molecule has 1 N–H and O–H groups in total. The zero-order valence-electron chi connectivity index (χ0n) is 24.2. The molecule has 0 bridgehead atoms. The summed E-state index contributed by atoms with van der Waals surface area (Å²) in [6.07, 6.45) is 1.05. The highest BCUT2D eigenvalue weighted by molar-refractivity contribution is 7.92. The van der Waals surface area contributed by atoms with Gasteiger partial charge in [-0.3, -0.25) is 13.9 Å². The molecule has 0 saturated carbocycles. The summed E-state index contributed by atoms with van der Waals surface area (Å²) in [5.41, 5.74) is 1.01. The van der Waals surface area contributed by atoms with E-state index in [1.54, 1.807) is 48.5 Å². The number of hydrogen-bond donors (Lipinski definition) is 1. The molecule has 3 aromatic carbocycles. The third-order valence-corrected chi connectivity index (χ3v) is 9.06. The largest absolute Gasteiger partial charge is 0.494 e. The van der Waals surface area contributed by atoms with E-state index in [1.165, 1.54) is 29.2 Å². The maximum Gasteiger partial charge on any atom is 0.264 e. The van der Waals surface area contributed by atoms with Crippen molar-refractivity contribution in [2.75, 3.05) is 17.5 Å². The number of nitrogens with zero attached hydrogens (tertiary/aromatic N) is 2. The topological polar surface area (TPSA) is 96.0 Å². The molecule has 3 aromatic rings. The van der Waals surface area contributed by atoms with Crippen LogP contribution in [0, 0.1) is 0 Å². The molecule has 0 radical (unpaired) electrons. The SMILES string of the molecule is CCOc1ccc(N(CC(=O)N(Cc2ccc(Cl)cc2)C(CC)C(=O)NC(C)CC)S(=O)(=O)c2ccc(Cl)cc2)cc1. The number of halogens is 2. The second kappa shape index (κ2) is 15.3. The number of carbonyl (C=O) groups is 2. The highest BCUT2D eigenvalue weighted by Crippen LogP contribution is 2.27. The molecule has 3 rings (SSSR count). The molecule has 2 atom stereocenters. The molecule has 0 saturated heterocycles. The van der Waals surface area contributed by atoms with Gasteiger partial charge in [-0.2, -0.15) is 0 Å². The Morgan fingerprint density at radius 1 is 0.857 bits per heavy atom. The first kappa shape index (κ1) is 33.2. The van der Waals surface area contributed by atoms with Gasteiger partial charge >= 0.3 is 0 Å². The van der Waals surface area contributed by atoms with Crippen molar-refractivity contribution < 1.29 is 22.7 Å². The van der Waals surface area contributed by atoms with Gasteiger partial charge in [-0.15, -0.1) is 0 Å². The Balaban J connectivity index is 2.05. The Labute approximate surface area is 258 Å². The molecule has 0 aliphatic carbocycles. The Kier molecular flexibility index (Phi) is 12.1. The molecule has 0 heterocycles. The van der Waals surface area contributed by atoms with Crippen LogP contribution in [-0.2, 0) is 26.2 Å². The van der Waals surface area contributed by atoms with Crippen LogP contribution in [-0.4, -0.2) is 50.4 Å². The van der Waals surface area contributed by atoms with Gasteiger partial charge in [-0.25, -0.2) is 8.42 Å². The monoisotopic (exact) mass is 633 g/mol. The van der Waals surface area contributed by atoms with E-state index in [4.69, 9.17) is 27.9 Å². The molecule has 0 fully saturated rings. The van der Waals surface area contributed by atoms with Crippen LogP contribution in [0.5, 0.6) is 5.75 Å². The normalized spacial score (nSPS) is 12.7. The predicted octanol–water partition coefficient (Wildman–Crippen LogP) is 6.31. The van der Waals surface area contributed by atoms with Gasteiger partial charge in [-0.05, 0) is 92.9 Å². The molecule has 42 heavy (non-hydrogen) atoms. The van der Waals surface area contributed by atoms with Crippen LogP contribution in [0.4, 0.5) is 5.69 Å². The van der Waals surface area contributed by atoms with E-state index < -0.39 is 28.5 Å². The molecule has 0 spiro atoms. The quantitative estimate of drug-likeness (QED) is 0.224. The fraction of sp³-hybridized carbons (Fsp3) is 0.355. The van der Waals surface area contributed by atoms with E-state index in [0.29, 0.717) is 28.8 Å². The first-order valence-electron chi connectivity index (χ1n) is 13.9. The molecule has 2 unspecified atom stereocenters. The fourth-order valence-corrected chi connectivity index (χ4v) is 5.95. The first-order valence-corrected chi connectivity index (χ1v) is 16.0. The summed E-state index contributed by atoms with van der Waals surface area (Å²) >= 11 is 12.1. The predicted molar refractivity (Wildman–Crippen MR) is 168 cm³/mol. The average molecular weight is 635 g/mol. The smallest absolute Gasteiger partial charge is 0.264 e. The number of hydrogen-bond acceptors (Lipinski definition) is 5. The summed E-state index contributed by atoms with van der Waals surface area (Å²) in [6, 6.07) is 18.2. The standard InChI is InChI=1S/C31H37Cl2N3O5S/c1-5-22(4)34-31(38)29(6-2)35(20-23-8-10-24(32)11-9-23)30(37)21-36(26-14-16-27(17-15-26)41-7-3)42(39,40)28-18-12-25(33)13-19-28/h8-19,22,29H,5-7,20-21H2,1-4H3,(H,34,38). The molecule has 226 valence electrons.